The number of nitriles is 1. The van der Waals surface area contributed by atoms with Crippen molar-refractivity contribution < 1.29 is 9.53 Å². The number of amides is 1. The number of likely N-dealkylation sites (tertiary alicyclic amines) is 2. The summed E-state index contributed by atoms with van der Waals surface area (Å²) in [4.78, 5) is 17.3. The van der Waals surface area contributed by atoms with Gasteiger partial charge in [-0.05, 0) is 48.9 Å². The van der Waals surface area contributed by atoms with Gasteiger partial charge in [0.2, 0.25) is 0 Å². The van der Waals surface area contributed by atoms with Gasteiger partial charge in [0.1, 0.15) is 5.75 Å². The lowest BCUT2D eigenvalue weighted by molar-refractivity contribution is 0.0768. The van der Waals surface area contributed by atoms with E-state index in [-0.39, 0.29) is 5.91 Å². The van der Waals surface area contributed by atoms with Gasteiger partial charge in [0.25, 0.3) is 5.91 Å². The average Bonchev–Trinajstić information content (AvgIpc) is 3.24. The summed E-state index contributed by atoms with van der Waals surface area (Å²) in [6.45, 7) is 2.52. The molecule has 0 radical (unpaired) electrons. The molecule has 2 aromatic carbocycles. The molecule has 0 saturated carbocycles. The van der Waals surface area contributed by atoms with E-state index in [1.165, 1.54) is 5.56 Å². The quantitative estimate of drug-likeness (QED) is 0.843. The molecule has 2 heterocycles. The highest BCUT2D eigenvalue weighted by atomic mass is 16.5. The minimum Gasteiger partial charge on any atom is -0.497 e. The Labute approximate surface area is 159 Å². The van der Waals surface area contributed by atoms with E-state index in [9.17, 15) is 4.79 Å². The third-order valence-corrected chi connectivity index (χ3v) is 5.88. The number of nitrogens with zero attached hydrogens (tertiary/aromatic N) is 3. The molecule has 4 rings (SSSR count). The van der Waals surface area contributed by atoms with Crippen LogP contribution < -0.4 is 4.74 Å². The predicted molar refractivity (Wildman–Crippen MR) is 102 cm³/mol. The van der Waals surface area contributed by atoms with Crippen molar-refractivity contribution in [3.8, 4) is 11.8 Å². The van der Waals surface area contributed by atoms with E-state index in [0.29, 0.717) is 29.0 Å². The van der Waals surface area contributed by atoms with Crippen molar-refractivity contribution in [3.05, 3.63) is 65.2 Å². The Kier molecular flexibility index (Phi) is 4.59. The summed E-state index contributed by atoms with van der Waals surface area (Å²) < 4.78 is 5.27. The van der Waals surface area contributed by atoms with E-state index in [1.807, 2.05) is 17.0 Å². The van der Waals surface area contributed by atoms with E-state index in [0.717, 1.165) is 25.4 Å². The topological polar surface area (TPSA) is 56.6 Å². The fourth-order valence-electron chi connectivity index (χ4n) is 4.63. The van der Waals surface area contributed by atoms with E-state index < -0.39 is 0 Å². The molecular weight excluding hydrogens is 338 g/mol. The molecule has 0 spiro atoms. The summed E-state index contributed by atoms with van der Waals surface area (Å²) in [7, 11) is 3.84. The molecule has 2 aliphatic rings. The summed E-state index contributed by atoms with van der Waals surface area (Å²) >= 11 is 0. The Bertz CT molecular complexity index is 887. The molecule has 138 valence electrons. The second-order valence-corrected chi connectivity index (χ2v) is 7.48. The fraction of sp³-hybridized carbons (Fsp3) is 0.364. The van der Waals surface area contributed by atoms with Crippen LogP contribution in [0.25, 0.3) is 0 Å². The van der Waals surface area contributed by atoms with Gasteiger partial charge in [0, 0.05) is 37.2 Å². The van der Waals surface area contributed by atoms with E-state index >= 15 is 0 Å². The lowest BCUT2D eigenvalue weighted by atomic mass is 9.89. The molecule has 2 fully saturated rings. The fourth-order valence-corrected chi connectivity index (χ4v) is 4.63. The molecule has 2 aliphatic heterocycles. The zero-order valence-electron chi connectivity index (χ0n) is 15.6. The lowest BCUT2D eigenvalue weighted by Crippen LogP contribution is -2.33. The Morgan fingerprint density at radius 2 is 1.93 bits per heavy atom. The molecule has 5 nitrogen and oxygen atoms in total. The van der Waals surface area contributed by atoms with Crippen molar-refractivity contribution in [1.82, 2.24) is 9.80 Å². The smallest absolute Gasteiger partial charge is 0.253 e. The highest BCUT2D eigenvalue weighted by Crippen LogP contribution is 2.44. The standard InChI is InChI=1S/C22H23N3O2/c1-24-12-18-13-25(22(26)17-5-3-4-15(10-17)11-23)14-20(18)21(24)16-6-8-19(27-2)9-7-16/h3-10,18,20-21H,12-14H2,1-2H3/t18-,20+,21+/m0/s1. The van der Waals surface area contributed by atoms with Crippen molar-refractivity contribution in [1.29, 1.82) is 5.26 Å². The number of carbonyl (C=O) groups is 1. The van der Waals surface area contributed by atoms with Gasteiger partial charge >= 0.3 is 0 Å². The molecule has 3 atom stereocenters. The molecule has 5 heteroatoms. The van der Waals surface area contributed by atoms with E-state index in [2.05, 4.69) is 30.1 Å². The average molecular weight is 361 g/mol. The summed E-state index contributed by atoms with van der Waals surface area (Å²) in [5, 5.41) is 9.08. The number of ether oxygens (including phenoxy) is 1. The van der Waals surface area contributed by atoms with Gasteiger partial charge in [-0.1, -0.05) is 18.2 Å². The minimum absolute atomic E-state index is 0.0256. The third kappa shape index (κ3) is 3.17. The summed E-state index contributed by atoms with van der Waals surface area (Å²) in [6, 6.07) is 17.7. The molecule has 27 heavy (non-hydrogen) atoms. The van der Waals surface area contributed by atoms with Crippen LogP contribution in [0, 0.1) is 23.2 Å². The third-order valence-electron chi connectivity index (χ3n) is 5.88. The van der Waals surface area contributed by atoms with Gasteiger partial charge in [0.15, 0.2) is 0 Å². The number of rotatable bonds is 3. The summed E-state index contributed by atoms with van der Waals surface area (Å²) in [6.07, 6.45) is 0. The number of hydrogen-bond acceptors (Lipinski definition) is 4. The number of hydrogen-bond donors (Lipinski definition) is 0. The summed E-state index contributed by atoms with van der Waals surface area (Å²) in [5.41, 5.74) is 2.39. The van der Waals surface area contributed by atoms with Gasteiger partial charge in [-0.15, -0.1) is 0 Å². The molecule has 0 aliphatic carbocycles. The molecule has 0 bridgehead atoms. The van der Waals surface area contributed by atoms with Crippen LogP contribution in [-0.4, -0.2) is 49.5 Å². The maximum Gasteiger partial charge on any atom is 0.253 e. The summed E-state index contributed by atoms with van der Waals surface area (Å²) in [5.74, 6) is 1.78. The number of carbonyl (C=O) groups excluding carboxylic acids is 1. The van der Waals surface area contributed by atoms with Crippen molar-refractivity contribution in [2.45, 2.75) is 6.04 Å². The number of benzene rings is 2. The van der Waals surface area contributed by atoms with E-state index in [1.54, 1.807) is 31.4 Å². The highest BCUT2D eigenvalue weighted by molar-refractivity contribution is 5.94. The molecule has 0 aromatic heterocycles. The van der Waals surface area contributed by atoms with Gasteiger partial charge in [-0.3, -0.25) is 9.69 Å². The molecule has 0 N–H and O–H groups in total. The Morgan fingerprint density at radius 3 is 2.63 bits per heavy atom. The Balaban J connectivity index is 1.53. The molecule has 0 unspecified atom stereocenters. The van der Waals surface area contributed by atoms with Crippen LogP contribution in [0.5, 0.6) is 5.75 Å². The normalized spacial score (nSPS) is 24.5. The minimum atomic E-state index is 0.0256. The number of methoxy groups -OCH3 is 1. The zero-order chi connectivity index (χ0) is 19.0. The largest absolute Gasteiger partial charge is 0.497 e. The van der Waals surface area contributed by atoms with Gasteiger partial charge < -0.3 is 9.64 Å². The second-order valence-electron chi connectivity index (χ2n) is 7.48. The monoisotopic (exact) mass is 361 g/mol. The Hall–Kier alpha value is -2.84. The van der Waals surface area contributed by atoms with Crippen LogP contribution in [0.2, 0.25) is 0 Å². The first kappa shape index (κ1) is 17.6. The molecular formula is C22H23N3O2. The van der Waals surface area contributed by atoms with Crippen LogP contribution in [0.1, 0.15) is 27.5 Å². The molecule has 2 aromatic rings. The van der Waals surface area contributed by atoms with Crippen LogP contribution in [-0.2, 0) is 0 Å². The lowest BCUT2D eigenvalue weighted by Gasteiger charge is -2.27. The van der Waals surface area contributed by atoms with Crippen molar-refractivity contribution >= 4 is 5.91 Å². The van der Waals surface area contributed by atoms with Gasteiger partial charge in [0.05, 0.1) is 18.7 Å². The first-order chi connectivity index (χ1) is 13.1. The zero-order valence-corrected chi connectivity index (χ0v) is 15.6. The molecule has 2 saturated heterocycles. The van der Waals surface area contributed by atoms with Crippen molar-refractivity contribution in [2.75, 3.05) is 33.8 Å². The predicted octanol–water partition coefficient (Wildman–Crippen LogP) is 2.94. The van der Waals surface area contributed by atoms with Crippen molar-refractivity contribution in [3.63, 3.8) is 0 Å². The maximum absolute atomic E-state index is 12.9. The van der Waals surface area contributed by atoms with Crippen molar-refractivity contribution in [2.24, 2.45) is 11.8 Å². The highest BCUT2D eigenvalue weighted by Gasteiger charge is 2.47. The van der Waals surface area contributed by atoms with Crippen LogP contribution in [0.3, 0.4) is 0 Å². The second kappa shape index (κ2) is 7.05. The first-order valence-corrected chi connectivity index (χ1v) is 9.24. The maximum atomic E-state index is 12.9. The first-order valence-electron chi connectivity index (χ1n) is 9.24. The Morgan fingerprint density at radius 1 is 1.15 bits per heavy atom. The molecule has 1 amide bonds. The SMILES string of the molecule is COc1ccc([C@@H]2[C@@H]3CN(C(=O)c4cccc(C#N)c4)C[C@@H]3CN2C)cc1. The van der Waals surface area contributed by atoms with E-state index in [4.69, 9.17) is 10.00 Å². The number of fused-ring (bicyclic) bond motifs is 1. The van der Waals surface area contributed by atoms with Crippen LogP contribution in [0.15, 0.2) is 48.5 Å². The van der Waals surface area contributed by atoms with Gasteiger partial charge in [-0.2, -0.15) is 5.26 Å². The van der Waals surface area contributed by atoms with Crippen LogP contribution in [0.4, 0.5) is 0 Å². The van der Waals surface area contributed by atoms with Crippen LogP contribution >= 0.6 is 0 Å². The van der Waals surface area contributed by atoms with Gasteiger partial charge in [-0.25, -0.2) is 0 Å².